The first-order valence-electron chi connectivity index (χ1n) is 8.34. The zero-order valence-electron chi connectivity index (χ0n) is 13.2. The van der Waals surface area contributed by atoms with Crippen LogP contribution in [0.1, 0.15) is 47.6 Å². The van der Waals surface area contributed by atoms with Crippen LogP contribution >= 0.6 is 0 Å². The Labute approximate surface area is 136 Å². The lowest BCUT2D eigenvalue weighted by Crippen LogP contribution is -2.35. The molecule has 0 radical (unpaired) electrons. The Hall–Kier alpha value is -2.00. The summed E-state index contributed by atoms with van der Waals surface area (Å²) in [4.78, 5) is 15.4. The number of hydrogen-bond donors (Lipinski definition) is 0. The van der Waals surface area contributed by atoms with Gasteiger partial charge in [0.15, 0.2) is 5.78 Å². The van der Waals surface area contributed by atoms with Gasteiger partial charge in [-0.15, -0.1) is 0 Å². The van der Waals surface area contributed by atoms with Crippen LogP contribution in [0.15, 0.2) is 54.6 Å². The van der Waals surface area contributed by atoms with Crippen molar-refractivity contribution in [2.45, 2.75) is 31.7 Å². The van der Waals surface area contributed by atoms with Gasteiger partial charge in [0, 0.05) is 5.56 Å². The van der Waals surface area contributed by atoms with Crippen molar-refractivity contribution in [1.29, 1.82) is 0 Å². The van der Waals surface area contributed by atoms with Crippen molar-refractivity contribution in [3.8, 4) is 0 Å². The molecule has 0 saturated carbocycles. The SMILES string of the molecule is O=C(c1ccc(F)cc1)C(c1ccccc1)N1CCCCCC1. The predicted molar refractivity (Wildman–Crippen MR) is 90.0 cm³/mol. The molecule has 3 rings (SSSR count). The number of rotatable bonds is 4. The zero-order chi connectivity index (χ0) is 16.1. The second-order valence-corrected chi connectivity index (χ2v) is 6.13. The van der Waals surface area contributed by atoms with Crippen LogP contribution in [0.3, 0.4) is 0 Å². The fourth-order valence-electron chi connectivity index (χ4n) is 3.29. The molecular weight excluding hydrogens is 289 g/mol. The van der Waals surface area contributed by atoms with Crippen molar-refractivity contribution < 1.29 is 9.18 Å². The lowest BCUT2D eigenvalue weighted by molar-refractivity contribution is 0.0821. The van der Waals surface area contributed by atoms with Gasteiger partial charge in [-0.2, -0.15) is 0 Å². The molecule has 0 aromatic heterocycles. The summed E-state index contributed by atoms with van der Waals surface area (Å²) in [5.74, 6) is -0.259. The van der Waals surface area contributed by atoms with Crippen molar-refractivity contribution in [3.05, 3.63) is 71.5 Å². The van der Waals surface area contributed by atoms with Gasteiger partial charge in [0.1, 0.15) is 5.82 Å². The molecule has 3 heteroatoms. The molecule has 0 N–H and O–H groups in total. The lowest BCUT2D eigenvalue weighted by Gasteiger charge is -2.30. The smallest absolute Gasteiger partial charge is 0.184 e. The summed E-state index contributed by atoms with van der Waals surface area (Å²) in [6.07, 6.45) is 4.70. The van der Waals surface area contributed by atoms with E-state index in [0.717, 1.165) is 31.5 Å². The van der Waals surface area contributed by atoms with Crippen molar-refractivity contribution >= 4 is 5.78 Å². The Bertz CT molecular complexity index is 630. The fourth-order valence-corrected chi connectivity index (χ4v) is 3.29. The van der Waals surface area contributed by atoms with E-state index in [-0.39, 0.29) is 17.6 Å². The highest BCUT2D eigenvalue weighted by Crippen LogP contribution is 2.28. The summed E-state index contributed by atoms with van der Waals surface area (Å²) < 4.78 is 13.2. The maximum absolute atomic E-state index is 13.2. The molecule has 2 aromatic rings. The first kappa shape index (κ1) is 15.9. The average molecular weight is 311 g/mol. The number of carbonyl (C=O) groups is 1. The van der Waals surface area contributed by atoms with Gasteiger partial charge in [-0.1, -0.05) is 43.2 Å². The monoisotopic (exact) mass is 311 g/mol. The minimum absolute atomic E-state index is 0.0538. The summed E-state index contributed by atoms with van der Waals surface area (Å²) in [7, 11) is 0. The van der Waals surface area contributed by atoms with E-state index in [9.17, 15) is 9.18 Å². The Balaban J connectivity index is 1.93. The number of halogens is 1. The van der Waals surface area contributed by atoms with Crippen LogP contribution in [-0.4, -0.2) is 23.8 Å². The normalized spacial score (nSPS) is 17.4. The third-order valence-corrected chi connectivity index (χ3v) is 4.50. The van der Waals surface area contributed by atoms with Gasteiger partial charge in [0.25, 0.3) is 0 Å². The third kappa shape index (κ3) is 3.85. The topological polar surface area (TPSA) is 20.3 Å². The molecular formula is C20H22FNO. The Morgan fingerprint density at radius 3 is 2.09 bits per heavy atom. The Morgan fingerprint density at radius 2 is 1.48 bits per heavy atom. The molecule has 0 bridgehead atoms. The molecule has 120 valence electrons. The standard InChI is InChI=1S/C20H22FNO/c21-18-12-10-17(11-13-18)20(23)19(16-8-4-3-5-9-16)22-14-6-1-2-7-15-22/h3-5,8-13,19H,1-2,6-7,14-15H2. The second-order valence-electron chi connectivity index (χ2n) is 6.13. The number of benzene rings is 2. The Kier molecular flexibility index (Phi) is 5.19. The van der Waals surface area contributed by atoms with Gasteiger partial charge in [-0.3, -0.25) is 9.69 Å². The van der Waals surface area contributed by atoms with E-state index in [2.05, 4.69) is 4.90 Å². The number of ketones is 1. The average Bonchev–Trinajstić information content (AvgIpc) is 2.86. The van der Waals surface area contributed by atoms with Crippen LogP contribution in [0, 0.1) is 5.82 Å². The third-order valence-electron chi connectivity index (χ3n) is 4.50. The molecule has 1 aliphatic heterocycles. The summed E-state index contributed by atoms with van der Waals surface area (Å²) in [5.41, 5.74) is 1.59. The van der Waals surface area contributed by atoms with Crippen molar-refractivity contribution in [2.75, 3.05) is 13.1 Å². The summed E-state index contributed by atoms with van der Waals surface area (Å²) >= 11 is 0. The van der Waals surface area contributed by atoms with E-state index in [1.165, 1.54) is 25.0 Å². The van der Waals surface area contributed by atoms with E-state index in [1.54, 1.807) is 12.1 Å². The Morgan fingerprint density at radius 1 is 0.870 bits per heavy atom. The van der Waals surface area contributed by atoms with E-state index in [4.69, 9.17) is 0 Å². The van der Waals surface area contributed by atoms with Gasteiger partial charge in [-0.25, -0.2) is 4.39 Å². The van der Waals surface area contributed by atoms with E-state index >= 15 is 0 Å². The molecule has 1 saturated heterocycles. The fraction of sp³-hybridized carbons (Fsp3) is 0.350. The van der Waals surface area contributed by atoms with Crippen LogP contribution in [0.4, 0.5) is 4.39 Å². The summed E-state index contributed by atoms with van der Waals surface area (Å²) in [5, 5.41) is 0. The lowest BCUT2D eigenvalue weighted by atomic mass is 9.95. The zero-order valence-corrected chi connectivity index (χ0v) is 13.2. The summed E-state index contributed by atoms with van der Waals surface area (Å²) in [6.45, 7) is 1.87. The minimum atomic E-state index is -0.312. The van der Waals surface area contributed by atoms with Crippen LogP contribution in [-0.2, 0) is 0 Å². The summed E-state index contributed by atoms with van der Waals surface area (Å²) in [6, 6.07) is 15.5. The van der Waals surface area contributed by atoms with Crippen molar-refractivity contribution in [3.63, 3.8) is 0 Å². The molecule has 1 aliphatic rings. The minimum Gasteiger partial charge on any atom is -0.292 e. The molecule has 2 nitrogen and oxygen atoms in total. The van der Waals surface area contributed by atoms with Crippen LogP contribution in [0.5, 0.6) is 0 Å². The molecule has 1 atom stereocenters. The maximum atomic E-state index is 13.2. The predicted octanol–water partition coefficient (Wildman–Crippen LogP) is 4.63. The highest BCUT2D eigenvalue weighted by atomic mass is 19.1. The second kappa shape index (κ2) is 7.51. The first-order chi connectivity index (χ1) is 11.3. The number of carbonyl (C=O) groups excluding carboxylic acids is 1. The molecule has 2 aromatic carbocycles. The van der Waals surface area contributed by atoms with Crippen LogP contribution in [0.25, 0.3) is 0 Å². The molecule has 1 heterocycles. The van der Waals surface area contributed by atoms with Gasteiger partial charge in [0.05, 0.1) is 6.04 Å². The van der Waals surface area contributed by atoms with E-state index < -0.39 is 0 Å². The largest absolute Gasteiger partial charge is 0.292 e. The van der Waals surface area contributed by atoms with Gasteiger partial charge in [-0.05, 0) is 55.8 Å². The van der Waals surface area contributed by atoms with Crippen LogP contribution in [0.2, 0.25) is 0 Å². The van der Waals surface area contributed by atoms with E-state index in [1.807, 2.05) is 30.3 Å². The van der Waals surface area contributed by atoms with Gasteiger partial charge in [0.2, 0.25) is 0 Å². The van der Waals surface area contributed by atoms with Gasteiger partial charge < -0.3 is 0 Å². The van der Waals surface area contributed by atoms with Crippen LogP contribution < -0.4 is 0 Å². The number of hydrogen-bond acceptors (Lipinski definition) is 2. The number of Topliss-reactive ketones (excluding diaryl/α,β-unsaturated/α-hetero) is 1. The number of nitrogens with zero attached hydrogens (tertiary/aromatic N) is 1. The molecule has 23 heavy (non-hydrogen) atoms. The molecule has 1 fully saturated rings. The van der Waals surface area contributed by atoms with E-state index in [0.29, 0.717) is 5.56 Å². The van der Waals surface area contributed by atoms with Gasteiger partial charge >= 0.3 is 0 Å². The molecule has 1 unspecified atom stereocenters. The quantitative estimate of drug-likeness (QED) is 0.768. The number of likely N-dealkylation sites (tertiary alicyclic amines) is 1. The van der Waals surface area contributed by atoms with Crippen molar-refractivity contribution in [2.24, 2.45) is 0 Å². The molecule has 0 aliphatic carbocycles. The molecule has 0 spiro atoms. The highest BCUT2D eigenvalue weighted by molar-refractivity contribution is 6.00. The molecule has 0 amide bonds. The highest BCUT2D eigenvalue weighted by Gasteiger charge is 2.28. The maximum Gasteiger partial charge on any atom is 0.184 e. The first-order valence-corrected chi connectivity index (χ1v) is 8.34. The van der Waals surface area contributed by atoms with Crippen molar-refractivity contribution in [1.82, 2.24) is 4.90 Å².